The molecule has 0 bridgehead atoms. The number of halogens is 3. The van der Waals surface area contributed by atoms with Gasteiger partial charge in [-0.3, -0.25) is 4.79 Å². The number of aliphatic carboxylic acids is 1. The van der Waals surface area contributed by atoms with Crippen molar-refractivity contribution < 1.29 is 23.1 Å². The molecule has 0 fully saturated rings. The van der Waals surface area contributed by atoms with Gasteiger partial charge in [-0.05, 0) is 32.0 Å². The molecule has 6 heteroatoms. The molecule has 0 spiro atoms. The summed E-state index contributed by atoms with van der Waals surface area (Å²) < 4.78 is 40.6. The van der Waals surface area contributed by atoms with E-state index in [1.165, 1.54) is 19.1 Å². The number of benzene rings is 1. The molecular formula is C14H14F3NO2. The molecule has 0 radical (unpaired) electrons. The third-order valence-electron chi connectivity index (χ3n) is 3.41. The standard InChI is InChI=1S/C14H14F3NO2/c1-3-18-11-6-4-5-10(14(15,16)17)9(11)7-12(18)8(2)13(19)20/h4-8H,3H2,1-2H3,(H,19,20). The second-order valence-electron chi connectivity index (χ2n) is 4.61. The van der Waals surface area contributed by atoms with Crippen LogP contribution in [0.1, 0.15) is 31.0 Å². The number of rotatable bonds is 3. The highest BCUT2D eigenvalue weighted by molar-refractivity contribution is 5.87. The number of aromatic nitrogens is 1. The van der Waals surface area contributed by atoms with Crippen LogP contribution in [-0.4, -0.2) is 15.6 Å². The first-order valence-electron chi connectivity index (χ1n) is 6.19. The molecule has 2 aromatic rings. The topological polar surface area (TPSA) is 42.2 Å². The molecule has 1 atom stereocenters. The first-order valence-corrected chi connectivity index (χ1v) is 6.19. The molecule has 3 nitrogen and oxygen atoms in total. The third kappa shape index (κ3) is 2.26. The summed E-state index contributed by atoms with van der Waals surface area (Å²) in [6.45, 7) is 3.66. The lowest BCUT2D eigenvalue weighted by Gasteiger charge is -2.11. The fraction of sp³-hybridized carbons (Fsp3) is 0.357. The summed E-state index contributed by atoms with van der Waals surface area (Å²) in [5.41, 5.74) is 0.0539. The van der Waals surface area contributed by atoms with Crippen LogP contribution in [0.2, 0.25) is 0 Å². The van der Waals surface area contributed by atoms with Gasteiger partial charge < -0.3 is 9.67 Å². The van der Waals surface area contributed by atoms with Gasteiger partial charge in [0.25, 0.3) is 0 Å². The van der Waals surface area contributed by atoms with Gasteiger partial charge in [0, 0.05) is 23.1 Å². The van der Waals surface area contributed by atoms with E-state index in [4.69, 9.17) is 5.11 Å². The van der Waals surface area contributed by atoms with Gasteiger partial charge in [-0.15, -0.1) is 0 Å². The molecule has 0 saturated carbocycles. The molecule has 0 aliphatic heterocycles. The molecule has 1 N–H and O–H groups in total. The number of aryl methyl sites for hydroxylation is 1. The Morgan fingerprint density at radius 2 is 2.05 bits per heavy atom. The molecule has 0 aliphatic rings. The van der Waals surface area contributed by atoms with Gasteiger partial charge in [0.2, 0.25) is 0 Å². The number of carboxylic acids is 1. The number of hydrogen-bond donors (Lipinski definition) is 1. The van der Waals surface area contributed by atoms with Gasteiger partial charge in [-0.1, -0.05) is 6.07 Å². The minimum atomic E-state index is -4.46. The summed E-state index contributed by atoms with van der Waals surface area (Å²) >= 11 is 0. The van der Waals surface area contributed by atoms with E-state index < -0.39 is 23.6 Å². The van der Waals surface area contributed by atoms with E-state index in [1.54, 1.807) is 17.6 Å². The number of nitrogens with zero attached hydrogens (tertiary/aromatic N) is 1. The van der Waals surface area contributed by atoms with Crippen LogP contribution in [0.4, 0.5) is 13.2 Å². The number of hydrogen-bond acceptors (Lipinski definition) is 1. The summed E-state index contributed by atoms with van der Waals surface area (Å²) in [6.07, 6.45) is -4.46. The van der Waals surface area contributed by atoms with Crippen LogP contribution in [0, 0.1) is 0 Å². The second kappa shape index (κ2) is 4.85. The number of carbonyl (C=O) groups is 1. The predicted octanol–water partition coefficient (Wildman–Crippen LogP) is 3.87. The molecule has 20 heavy (non-hydrogen) atoms. The maximum absolute atomic E-state index is 13.0. The van der Waals surface area contributed by atoms with Gasteiger partial charge >= 0.3 is 12.1 Å². The van der Waals surface area contributed by atoms with E-state index in [2.05, 4.69) is 0 Å². The first-order chi connectivity index (χ1) is 9.27. The summed E-state index contributed by atoms with van der Waals surface area (Å²) in [4.78, 5) is 11.1. The van der Waals surface area contributed by atoms with Crippen molar-refractivity contribution in [2.75, 3.05) is 0 Å². The van der Waals surface area contributed by atoms with E-state index in [9.17, 15) is 18.0 Å². The van der Waals surface area contributed by atoms with Crippen molar-refractivity contribution in [1.82, 2.24) is 4.57 Å². The molecular weight excluding hydrogens is 271 g/mol. The van der Waals surface area contributed by atoms with Gasteiger partial charge in [-0.2, -0.15) is 13.2 Å². The molecule has 0 amide bonds. The Hall–Kier alpha value is -1.98. The van der Waals surface area contributed by atoms with Crippen molar-refractivity contribution >= 4 is 16.9 Å². The van der Waals surface area contributed by atoms with Crippen molar-refractivity contribution in [3.8, 4) is 0 Å². The van der Waals surface area contributed by atoms with Crippen LogP contribution in [0.25, 0.3) is 10.9 Å². The highest BCUT2D eigenvalue weighted by atomic mass is 19.4. The largest absolute Gasteiger partial charge is 0.481 e. The average Bonchev–Trinajstić information content (AvgIpc) is 2.74. The zero-order valence-corrected chi connectivity index (χ0v) is 11.0. The summed E-state index contributed by atoms with van der Waals surface area (Å²) in [6, 6.07) is 5.26. The van der Waals surface area contributed by atoms with E-state index in [1.807, 2.05) is 0 Å². The summed E-state index contributed by atoms with van der Waals surface area (Å²) in [7, 11) is 0. The number of fused-ring (bicyclic) bond motifs is 1. The van der Waals surface area contributed by atoms with Crippen LogP contribution in [-0.2, 0) is 17.5 Å². The minimum absolute atomic E-state index is 0.0463. The lowest BCUT2D eigenvalue weighted by molar-refractivity contribution is -0.138. The Labute approximate surface area is 113 Å². The molecule has 108 valence electrons. The Bertz CT molecular complexity index is 658. The van der Waals surface area contributed by atoms with Crippen LogP contribution >= 0.6 is 0 Å². The number of alkyl halides is 3. The van der Waals surface area contributed by atoms with Crippen molar-refractivity contribution in [2.45, 2.75) is 32.5 Å². The molecule has 2 rings (SSSR count). The third-order valence-corrected chi connectivity index (χ3v) is 3.41. The Kier molecular flexibility index (Phi) is 3.50. The quantitative estimate of drug-likeness (QED) is 0.930. The normalized spacial score (nSPS) is 13.7. The highest BCUT2D eigenvalue weighted by Crippen LogP contribution is 2.37. The van der Waals surface area contributed by atoms with Crippen LogP contribution in [0.3, 0.4) is 0 Å². The lowest BCUT2D eigenvalue weighted by Crippen LogP contribution is -2.12. The van der Waals surface area contributed by atoms with E-state index in [-0.39, 0.29) is 5.39 Å². The van der Waals surface area contributed by atoms with Gasteiger partial charge in [-0.25, -0.2) is 0 Å². The summed E-state index contributed by atoms with van der Waals surface area (Å²) in [5, 5.41) is 9.12. The zero-order valence-electron chi connectivity index (χ0n) is 11.0. The van der Waals surface area contributed by atoms with Crippen LogP contribution in [0.15, 0.2) is 24.3 Å². The van der Waals surface area contributed by atoms with Crippen LogP contribution in [0.5, 0.6) is 0 Å². The lowest BCUT2D eigenvalue weighted by atomic mass is 10.1. The molecule has 1 aromatic heterocycles. The molecule has 0 saturated heterocycles. The van der Waals surface area contributed by atoms with E-state index in [0.29, 0.717) is 17.8 Å². The van der Waals surface area contributed by atoms with Gasteiger partial charge in [0.1, 0.15) is 0 Å². The maximum Gasteiger partial charge on any atom is 0.417 e. The Balaban J connectivity index is 2.77. The highest BCUT2D eigenvalue weighted by Gasteiger charge is 2.34. The van der Waals surface area contributed by atoms with E-state index in [0.717, 1.165) is 6.07 Å². The van der Waals surface area contributed by atoms with Gasteiger partial charge in [0.15, 0.2) is 0 Å². The smallest absolute Gasteiger partial charge is 0.417 e. The Morgan fingerprint density at radius 3 is 2.55 bits per heavy atom. The Morgan fingerprint density at radius 1 is 1.40 bits per heavy atom. The maximum atomic E-state index is 13.0. The fourth-order valence-corrected chi connectivity index (χ4v) is 2.39. The first kappa shape index (κ1) is 14.4. The SMILES string of the molecule is CCn1c(C(C)C(=O)O)cc2c(C(F)(F)F)cccc21. The molecule has 0 aliphatic carbocycles. The number of carboxylic acid groups (broad SMARTS) is 1. The molecule has 1 aromatic carbocycles. The second-order valence-corrected chi connectivity index (χ2v) is 4.61. The van der Waals surface area contributed by atoms with Crippen molar-refractivity contribution in [1.29, 1.82) is 0 Å². The minimum Gasteiger partial charge on any atom is -0.481 e. The monoisotopic (exact) mass is 285 g/mol. The predicted molar refractivity (Wildman–Crippen MR) is 68.7 cm³/mol. The fourth-order valence-electron chi connectivity index (χ4n) is 2.39. The zero-order chi connectivity index (χ0) is 15.1. The van der Waals surface area contributed by atoms with E-state index >= 15 is 0 Å². The molecule has 1 heterocycles. The average molecular weight is 285 g/mol. The van der Waals surface area contributed by atoms with Crippen LogP contribution < -0.4 is 0 Å². The summed E-state index contributed by atoms with van der Waals surface area (Å²) in [5.74, 6) is -1.92. The molecule has 1 unspecified atom stereocenters. The van der Waals surface area contributed by atoms with Gasteiger partial charge in [0.05, 0.1) is 11.5 Å². The van der Waals surface area contributed by atoms with Crippen molar-refractivity contribution in [3.05, 3.63) is 35.5 Å². The van der Waals surface area contributed by atoms with Crippen molar-refractivity contribution in [3.63, 3.8) is 0 Å². The van der Waals surface area contributed by atoms with Crippen molar-refractivity contribution in [2.24, 2.45) is 0 Å².